The minimum atomic E-state index is -4.43. The number of carbonyl (C=O) groups excluding carboxylic acids is 1. The number of anilines is 1. The highest BCUT2D eigenvalue weighted by molar-refractivity contribution is 6.01. The van der Waals surface area contributed by atoms with E-state index < -0.39 is 17.6 Å². The minimum Gasteiger partial charge on any atom is -0.486 e. The number of benzene rings is 3. The summed E-state index contributed by atoms with van der Waals surface area (Å²) in [6, 6.07) is 28.1. The molecule has 0 atom stereocenters. The monoisotopic (exact) mass is 573 g/mol. The predicted octanol–water partition coefficient (Wildman–Crippen LogP) is 8.01. The van der Waals surface area contributed by atoms with Gasteiger partial charge in [-0.2, -0.15) is 18.3 Å². The molecule has 6 nitrogen and oxygen atoms in total. The van der Waals surface area contributed by atoms with Crippen LogP contribution >= 0.6 is 0 Å². The summed E-state index contributed by atoms with van der Waals surface area (Å²) in [5, 5.41) is 7.00. The van der Waals surface area contributed by atoms with Gasteiger partial charge in [-0.05, 0) is 60.0 Å². The largest absolute Gasteiger partial charge is 0.486 e. The lowest BCUT2D eigenvalue weighted by Gasteiger charge is -2.26. The topological polar surface area (TPSA) is 69.3 Å². The minimum absolute atomic E-state index is 0.0821. The van der Waals surface area contributed by atoms with E-state index in [1.165, 1.54) is 16.3 Å². The summed E-state index contributed by atoms with van der Waals surface area (Å²) in [4.78, 5) is 12.8. The number of rotatable bonds is 9. The third-order valence-electron chi connectivity index (χ3n) is 7.15. The molecule has 0 unspecified atom stereocenters. The van der Waals surface area contributed by atoms with Crippen molar-refractivity contribution < 1.29 is 27.1 Å². The standard InChI is InChI=1S/C33H30F3N3O3/c1-22-18-30(38-39(22)20-23-8-7-11-26(19-23)33(34,35)36)37-31(40)29-17-16-28(42-29)21-41-27-14-12-25(13-15-27)32(2,3)24-9-5-4-6-10-24/h4-19H,20-21H2,1-3H3,(H,37,38,40). The van der Waals surface area contributed by atoms with Gasteiger partial charge in [0.2, 0.25) is 0 Å². The summed E-state index contributed by atoms with van der Waals surface area (Å²) in [6.45, 7) is 6.37. The highest BCUT2D eigenvalue weighted by Gasteiger charge is 2.30. The normalized spacial score (nSPS) is 11.9. The number of amides is 1. The third kappa shape index (κ3) is 6.57. The Morgan fingerprint density at radius 1 is 0.881 bits per heavy atom. The number of nitrogens with zero attached hydrogens (tertiary/aromatic N) is 2. The van der Waals surface area contributed by atoms with Gasteiger partial charge in [-0.15, -0.1) is 0 Å². The van der Waals surface area contributed by atoms with Crippen LogP contribution in [0.15, 0.2) is 101 Å². The fourth-order valence-electron chi connectivity index (χ4n) is 4.65. The lowest BCUT2D eigenvalue weighted by Crippen LogP contribution is -2.18. The zero-order valence-electron chi connectivity index (χ0n) is 23.4. The Hall–Kier alpha value is -4.79. The highest BCUT2D eigenvalue weighted by Crippen LogP contribution is 2.32. The van der Waals surface area contributed by atoms with Crippen molar-refractivity contribution >= 4 is 11.7 Å². The molecule has 0 saturated carbocycles. The lowest BCUT2D eigenvalue weighted by atomic mass is 9.78. The molecule has 0 radical (unpaired) electrons. The van der Waals surface area contributed by atoms with E-state index in [9.17, 15) is 18.0 Å². The second-order valence-electron chi connectivity index (χ2n) is 10.6. The predicted molar refractivity (Wildman–Crippen MR) is 154 cm³/mol. The van der Waals surface area contributed by atoms with Crippen molar-refractivity contribution in [3.8, 4) is 5.75 Å². The molecule has 2 heterocycles. The number of aromatic nitrogens is 2. The van der Waals surface area contributed by atoms with E-state index in [1.54, 1.807) is 31.2 Å². The Morgan fingerprint density at radius 2 is 1.57 bits per heavy atom. The molecule has 0 saturated heterocycles. The van der Waals surface area contributed by atoms with Gasteiger partial charge in [-0.1, -0.05) is 68.4 Å². The Labute approximate surface area is 241 Å². The summed E-state index contributed by atoms with van der Waals surface area (Å²) >= 11 is 0. The maximum absolute atomic E-state index is 13.1. The van der Waals surface area contributed by atoms with Crippen LogP contribution in [0.2, 0.25) is 0 Å². The number of furan rings is 1. The molecule has 9 heteroatoms. The molecule has 0 aliphatic heterocycles. The third-order valence-corrected chi connectivity index (χ3v) is 7.15. The summed E-state index contributed by atoms with van der Waals surface area (Å²) in [6.07, 6.45) is -4.43. The van der Waals surface area contributed by atoms with Gasteiger partial charge >= 0.3 is 6.18 Å². The zero-order valence-corrected chi connectivity index (χ0v) is 23.4. The molecule has 0 spiro atoms. The fourth-order valence-corrected chi connectivity index (χ4v) is 4.65. The summed E-state index contributed by atoms with van der Waals surface area (Å²) in [5.41, 5.74) is 2.62. The van der Waals surface area contributed by atoms with Gasteiger partial charge < -0.3 is 14.5 Å². The molecule has 0 bridgehead atoms. The van der Waals surface area contributed by atoms with Gasteiger partial charge in [0.15, 0.2) is 11.6 Å². The number of alkyl halides is 3. The lowest BCUT2D eigenvalue weighted by molar-refractivity contribution is -0.137. The SMILES string of the molecule is Cc1cc(NC(=O)c2ccc(COc3ccc(C(C)(C)c4ccccc4)cc3)o2)nn1Cc1cccc(C(F)(F)F)c1. The van der Waals surface area contributed by atoms with Crippen LogP contribution in [-0.4, -0.2) is 15.7 Å². The second kappa shape index (κ2) is 11.6. The maximum Gasteiger partial charge on any atom is 0.416 e. The fraction of sp³-hybridized carbons (Fsp3) is 0.212. The van der Waals surface area contributed by atoms with Crippen LogP contribution in [0.5, 0.6) is 5.75 Å². The Balaban J connectivity index is 1.17. The van der Waals surface area contributed by atoms with Crippen LogP contribution in [0.25, 0.3) is 0 Å². The molecular formula is C33H30F3N3O3. The number of hydrogen-bond donors (Lipinski definition) is 1. The molecular weight excluding hydrogens is 543 g/mol. The molecule has 5 rings (SSSR count). The summed E-state index contributed by atoms with van der Waals surface area (Å²) in [5.74, 6) is 0.986. The highest BCUT2D eigenvalue weighted by atomic mass is 19.4. The van der Waals surface area contributed by atoms with Gasteiger partial charge in [0.25, 0.3) is 5.91 Å². The van der Waals surface area contributed by atoms with Crippen molar-refractivity contribution in [3.63, 3.8) is 0 Å². The van der Waals surface area contributed by atoms with E-state index in [4.69, 9.17) is 9.15 Å². The van der Waals surface area contributed by atoms with Crippen LogP contribution in [0, 0.1) is 6.92 Å². The number of carbonyl (C=O) groups is 1. The van der Waals surface area contributed by atoms with Crippen LogP contribution < -0.4 is 10.1 Å². The average molecular weight is 574 g/mol. The maximum atomic E-state index is 13.1. The number of ether oxygens (including phenoxy) is 1. The number of nitrogens with one attached hydrogen (secondary N) is 1. The molecule has 216 valence electrons. The Morgan fingerprint density at radius 3 is 2.29 bits per heavy atom. The van der Waals surface area contributed by atoms with Crippen LogP contribution in [0.4, 0.5) is 19.0 Å². The first-order chi connectivity index (χ1) is 20.0. The first-order valence-electron chi connectivity index (χ1n) is 13.4. The number of halogens is 3. The van der Waals surface area contributed by atoms with Crippen molar-refractivity contribution in [3.05, 3.63) is 137 Å². The molecule has 1 amide bonds. The van der Waals surface area contributed by atoms with Crippen molar-refractivity contribution in [1.29, 1.82) is 0 Å². The first-order valence-corrected chi connectivity index (χ1v) is 13.4. The van der Waals surface area contributed by atoms with Gasteiger partial charge in [-0.3, -0.25) is 9.48 Å². The average Bonchev–Trinajstić information content (AvgIpc) is 3.58. The molecule has 3 aromatic carbocycles. The second-order valence-corrected chi connectivity index (χ2v) is 10.6. The number of aryl methyl sites for hydroxylation is 1. The van der Waals surface area contributed by atoms with Gasteiger partial charge in [0.1, 0.15) is 18.1 Å². The van der Waals surface area contributed by atoms with E-state index in [0.29, 0.717) is 22.8 Å². The smallest absolute Gasteiger partial charge is 0.416 e. The van der Waals surface area contributed by atoms with Gasteiger partial charge in [0.05, 0.1) is 12.1 Å². The van der Waals surface area contributed by atoms with Crippen molar-refractivity contribution in [2.75, 3.05) is 5.32 Å². The Kier molecular flexibility index (Phi) is 7.93. The van der Waals surface area contributed by atoms with Crippen LogP contribution in [0.1, 0.15) is 58.1 Å². The van der Waals surface area contributed by atoms with Crippen molar-refractivity contribution in [2.45, 2.75) is 45.5 Å². The molecule has 42 heavy (non-hydrogen) atoms. The van der Waals surface area contributed by atoms with E-state index in [2.05, 4.69) is 36.4 Å². The molecule has 0 aliphatic rings. The van der Waals surface area contributed by atoms with E-state index in [1.807, 2.05) is 42.5 Å². The zero-order chi connectivity index (χ0) is 29.9. The van der Waals surface area contributed by atoms with E-state index in [0.717, 1.165) is 17.7 Å². The first kappa shape index (κ1) is 28.7. The molecule has 0 aliphatic carbocycles. The van der Waals surface area contributed by atoms with E-state index in [-0.39, 0.29) is 30.1 Å². The quantitative estimate of drug-likeness (QED) is 0.194. The van der Waals surface area contributed by atoms with Crippen molar-refractivity contribution in [1.82, 2.24) is 9.78 Å². The van der Waals surface area contributed by atoms with E-state index >= 15 is 0 Å². The van der Waals surface area contributed by atoms with Crippen molar-refractivity contribution in [2.24, 2.45) is 0 Å². The van der Waals surface area contributed by atoms with Crippen LogP contribution in [0.3, 0.4) is 0 Å². The number of hydrogen-bond acceptors (Lipinski definition) is 4. The molecule has 2 aromatic heterocycles. The molecule has 5 aromatic rings. The summed E-state index contributed by atoms with van der Waals surface area (Å²) in [7, 11) is 0. The van der Waals surface area contributed by atoms with Gasteiger partial charge in [-0.25, -0.2) is 0 Å². The van der Waals surface area contributed by atoms with Gasteiger partial charge in [0, 0.05) is 17.2 Å². The Bertz CT molecular complexity index is 1670. The van der Waals surface area contributed by atoms with Crippen LogP contribution in [-0.2, 0) is 24.7 Å². The molecule has 0 fully saturated rings. The summed E-state index contributed by atoms with van der Waals surface area (Å²) < 4.78 is 52.2. The molecule has 1 N–H and O–H groups in total.